The van der Waals surface area contributed by atoms with E-state index in [4.69, 9.17) is 0 Å². The van der Waals surface area contributed by atoms with E-state index in [1.807, 2.05) is 69.8 Å². The van der Waals surface area contributed by atoms with Gasteiger partial charge in [-0.2, -0.15) is 5.10 Å². The highest BCUT2D eigenvalue weighted by Gasteiger charge is 2.17. The van der Waals surface area contributed by atoms with Crippen LogP contribution in [0.5, 0.6) is 0 Å². The lowest BCUT2D eigenvalue weighted by molar-refractivity contribution is 0.753. The number of benzene rings is 1. The van der Waals surface area contributed by atoms with E-state index < -0.39 is 0 Å². The van der Waals surface area contributed by atoms with Gasteiger partial charge in [-0.15, -0.1) is 0 Å². The van der Waals surface area contributed by atoms with Crippen LogP contribution in [-0.4, -0.2) is 14.8 Å². The highest BCUT2D eigenvalue weighted by atomic mass is 79.9. The average molecular weight is 374 g/mol. The Kier molecular flexibility index (Phi) is 8.27. The first-order valence-electron chi connectivity index (χ1n) is 7.95. The van der Waals surface area contributed by atoms with Crippen molar-refractivity contribution in [3.63, 3.8) is 0 Å². The zero-order valence-corrected chi connectivity index (χ0v) is 16.0. The first-order valence-corrected chi connectivity index (χ1v) is 8.75. The first-order chi connectivity index (χ1) is 11.3. The van der Waals surface area contributed by atoms with Crippen LogP contribution in [0.1, 0.15) is 27.7 Å². The fourth-order valence-electron chi connectivity index (χ4n) is 2.08. The molecule has 0 amide bonds. The fraction of sp³-hybridized carbons (Fsp3) is 0.263. The molecule has 0 aliphatic heterocycles. The molecule has 3 nitrogen and oxygen atoms in total. The molecule has 0 fully saturated rings. The SMILES string of the molecule is CC.CC.Cn1nc(-c2ccccc2)c(-c2ccncc2)c1Br. The van der Waals surface area contributed by atoms with Crippen LogP contribution in [-0.2, 0) is 7.05 Å². The second-order valence-corrected chi connectivity index (χ2v) is 4.99. The van der Waals surface area contributed by atoms with Crippen molar-refractivity contribution in [1.29, 1.82) is 0 Å². The van der Waals surface area contributed by atoms with Crippen LogP contribution in [0, 0.1) is 0 Å². The van der Waals surface area contributed by atoms with Gasteiger partial charge in [0.05, 0.1) is 0 Å². The van der Waals surface area contributed by atoms with E-state index in [2.05, 4.69) is 38.1 Å². The molecule has 0 bridgehead atoms. The summed E-state index contributed by atoms with van der Waals surface area (Å²) in [6.45, 7) is 8.00. The van der Waals surface area contributed by atoms with Gasteiger partial charge in [0.2, 0.25) is 0 Å². The van der Waals surface area contributed by atoms with Crippen molar-refractivity contribution in [3.8, 4) is 22.4 Å². The third kappa shape index (κ3) is 4.52. The molecule has 0 aliphatic rings. The minimum atomic E-state index is 0.970. The smallest absolute Gasteiger partial charge is 0.112 e. The molecule has 0 atom stereocenters. The van der Waals surface area contributed by atoms with Gasteiger partial charge in [-0.25, -0.2) is 0 Å². The Balaban J connectivity index is 0.000000615. The fourth-order valence-corrected chi connectivity index (χ4v) is 2.57. The molecule has 3 aromatic rings. The molecule has 3 rings (SSSR count). The molecule has 0 aliphatic carbocycles. The van der Waals surface area contributed by atoms with Gasteiger partial charge in [0, 0.05) is 30.6 Å². The van der Waals surface area contributed by atoms with Gasteiger partial charge in [0.15, 0.2) is 0 Å². The largest absolute Gasteiger partial charge is 0.265 e. The molecular formula is C19H24BrN3. The lowest BCUT2D eigenvalue weighted by Crippen LogP contribution is -1.89. The Morgan fingerprint density at radius 3 is 1.96 bits per heavy atom. The molecule has 0 spiro atoms. The predicted molar refractivity (Wildman–Crippen MR) is 102 cm³/mol. The maximum Gasteiger partial charge on any atom is 0.112 e. The number of pyridine rings is 1. The zero-order chi connectivity index (χ0) is 17.2. The molecular weight excluding hydrogens is 350 g/mol. The van der Waals surface area contributed by atoms with Crippen LogP contribution in [0.3, 0.4) is 0 Å². The van der Waals surface area contributed by atoms with Gasteiger partial charge in [0.25, 0.3) is 0 Å². The highest BCUT2D eigenvalue weighted by molar-refractivity contribution is 9.10. The number of aryl methyl sites for hydroxylation is 1. The summed E-state index contributed by atoms with van der Waals surface area (Å²) in [6.07, 6.45) is 3.59. The predicted octanol–water partition coefficient (Wildman–Crippen LogP) is 5.96. The van der Waals surface area contributed by atoms with E-state index in [1.54, 1.807) is 12.4 Å². The molecule has 0 saturated heterocycles. The van der Waals surface area contributed by atoms with E-state index >= 15 is 0 Å². The summed E-state index contributed by atoms with van der Waals surface area (Å²) < 4.78 is 2.82. The van der Waals surface area contributed by atoms with E-state index in [0.29, 0.717) is 0 Å². The summed E-state index contributed by atoms with van der Waals surface area (Å²) in [6, 6.07) is 14.2. The van der Waals surface area contributed by atoms with Gasteiger partial charge >= 0.3 is 0 Å². The maximum atomic E-state index is 4.61. The summed E-state index contributed by atoms with van der Waals surface area (Å²) in [5.41, 5.74) is 4.28. The van der Waals surface area contributed by atoms with Gasteiger partial charge in [0.1, 0.15) is 10.3 Å². The Bertz CT molecular complexity index is 691. The van der Waals surface area contributed by atoms with Crippen molar-refractivity contribution in [2.75, 3.05) is 0 Å². The number of nitrogens with zero attached hydrogens (tertiary/aromatic N) is 3. The Morgan fingerprint density at radius 1 is 0.826 bits per heavy atom. The van der Waals surface area contributed by atoms with Crippen LogP contribution in [0.4, 0.5) is 0 Å². The molecule has 2 heterocycles. The lowest BCUT2D eigenvalue weighted by atomic mass is 10.0. The quantitative estimate of drug-likeness (QED) is 0.554. The van der Waals surface area contributed by atoms with E-state index in [-0.39, 0.29) is 0 Å². The summed E-state index contributed by atoms with van der Waals surface area (Å²) in [7, 11) is 1.93. The molecule has 122 valence electrons. The third-order valence-electron chi connectivity index (χ3n) is 2.99. The number of halogens is 1. The van der Waals surface area contributed by atoms with Gasteiger partial charge in [-0.05, 0) is 33.6 Å². The molecule has 4 heteroatoms. The molecule has 1 aromatic carbocycles. The van der Waals surface area contributed by atoms with Gasteiger partial charge in [-0.3, -0.25) is 9.67 Å². The minimum Gasteiger partial charge on any atom is -0.265 e. The zero-order valence-electron chi connectivity index (χ0n) is 14.4. The van der Waals surface area contributed by atoms with Crippen molar-refractivity contribution in [2.45, 2.75) is 27.7 Å². The second kappa shape index (κ2) is 9.95. The highest BCUT2D eigenvalue weighted by Crippen LogP contribution is 2.36. The monoisotopic (exact) mass is 373 g/mol. The first kappa shape index (κ1) is 19.1. The van der Waals surface area contributed by atoms with E-state index in [1.165, 1.54) is 0 Å². The second-order valence-electron chi connectivity index (χ2n) is 4.24. The maximum absolute atomic E-state index is 4.61. The Labute approximate surface area is 147 Å². The van der Waals surface area contributed by atoms with Crippen LogP contribution >= 0.6 is 15.9 Å². The van der Waals surface area contributed by atoms with Crippen LogP contribution in [0.25, 0.3) is 22.4 Å². The van der Waals surface area contributed by atoms with Crippen molar-refractivity contribution in [3.05, 3.63) is 59.5 Å². The lowest BCUT2D eigenvalue weighted by Gasteiger charge is -2.03. The molecule has 0 radical (unpaired) electrons. The average Bonchev–Trinajstić information content (AvgIpc) is 2.95. The number of hydrogen-bond acceptors (Lipinski definition) is 2. The molecule has 0 saturated carbocycles. The molecule has 23 heavy (non-hydrogen) atoms. The van der Waals surface area contributed by atoms with Crippen molar-refractivity contribution in [2.24, 2.45) is 7.05 Å². The summed E-state index contributed by atoms with van der Waals surface area (Å²) in [4.78, 5) is 4.07. The standard InChI is InChI=1S/C15H12BrN3.2C2H6/c1-19-15(16)13(11-7-9-17-10-8-11)14(18-19)12-5-3-2-4-6-12;2*1-2/h2-10H,1H3;2*1-2H3. The van der Waals surface area contributed by atoms with Crippen molar-refractivity contribution < 1.29 is 0 Å². The number of rotatable bonds is 2. The van der Waals surface area contributed by atoms with E-state index in [0.717, 1.165) is 27.0 Å². The van der Waals surface area contributed by atoms with Crippen molar-refractivity contribution >= 4 is 15.9 Å². The number of hydrogen-bond donors (Lipinski definition) is 0. The van der Waals surface area contributed by atoms with Crippen LogP contribution in [0.2, 0.25) is 0 Å². The summed E-state index contributed by atoms with van der Waals surface area (Å²) in [5, 5.41) is 4.61. The van der Waals surface area contributed by atoms with E-state index in [9.17, 15) is 0 Å². The summed E-state index contributed by atoms with van der Waals surface area (Å²) in [5.74, 6) is 0. The van der Waals surface area contributed by atoms with Crippen LogP contribution < -0.4 is 0 Å². The minimum absolute atomic E-state index is 0.970. The van der Waals surface area contributed by atoms with Gasteiger partial charge in [-0.1, -0.05) is 58.0 Å². The number of aromatic nitrogens is 3. The molecule has 2 aromatic heterocycles. The third-order valence-corrected chi connectivity index (χ3v) is 3.90. The van der Waals surface area contributed by atoms with Crippen molar-refractivity contribution in [1.82, 2.24) is 14.8 Å². The molecule has 0 N–H and O–H groups in total. The molecule has 0 unspecified atom stereocenters. The van der Waals surface area contributed by atoms with Gasteiger partial charge < -0.3 is 0 Å². The Morgan fingerprint density at radius 2 is 1.39 bits per heavy atom. The van der Waals surface area contributed by atoms with Crippen LogP contribution in [0.15, 0.2) is 59.5 Å². The topological polar surface area (TPSA) is 30.7 Å². The Hall–Kier alpha value is -1.94. The summed E-state index contributed by atoms with van der Waals surface area (Å²) >= 11 is 3.62. The normalized spacial score (nSPS) is 9.30.